The molecule has 86 valence electrons. The van der Waals surface area contributed by atoms with Crippen molar-refractivity contribution in [2.75, 3.05) is 18.9 Å². The number of rotatable bonds is 2. The van der Waals surface area contributed by atoms with E-state index in [0.29, 0.717) is 18.2 Å². The Kier molecular flexibility index (Phi) is 3.26. The molecule has 2 heterocycles. The zero-order chi connectivity index (χ0) is 11.5. The number of carbonyl (C=O) groups excluding carboxylic acids is 1. The van der Waals surface area contributed by atoms with Gasteiger partial charge in [0.15, 0.2) is 0 Å². The quantitative estimate of drug-likeness (QED) is 0.804. The van der Waals surface area contributed by atoms with Gasteiger partial charge in [0.25, 0.3) is 5.91 Å². The molecular formula is C10H12ClN3O2. The van der Waals surface area contributed by atoms with E-state index in [-0.39, 0.29) is 23.5 Å². The third-order valence-corrected chi connectivity index (χ3v) is 2.53. The third-order valence-electron chi connectivity index (χ3n) is 2.31. The first-order valence-electron chi connectivity index (χ1n) is 4.97. The number of nitrogens with one attached hydrogen (secondary N) is 1. The van der Waals surface area contributed by atoms with Crippen molar-refractivity contribution in [2.24, 2.45) is 0 Å². The maximum Gasteiger partial charge on any atom is 0.270 e. The highest BCUT2D eigenvalue weighted by atomic mass is 35.5. The zero-order valence-corrected chi connectivity index (χ0v) is 9.33. The van der Waals surface area contributed by atoms with Crippen LogP contribution in [0.4, 0.5) is 5.82 Å². The average Bonchev–Trinajstić information content (AvgIpc) is 2.68. The molecule has 0 aromatic carbocycles. The van der Waals surface area contributed by atoms with Crippen molar-refractivity contribution in [3.05, 3.63) is 22.8 Å². The number of halogens is 1. The maximum absolute atomic E-state index is 11.8. The number of aromatic nitrogens is 1. The minimum absolute atomic E-state index is 0.0505. The smallest absolute Gasteiger partial charge is 0.270 e. The standard InChI is InChI=1S/C10H12ClN3O2/c11-6-3-8(14-9(12)4-6)10(15)13-7-1-2-16-5-7/h3-4,7H,1-2,5H2,(H2,12,14)(H,13,15)/t7-/m0/s1. The number of pyridine rings is 1. The van der Waals surface area contributed by atoms with Crippen LogP contribution in [0.15, 0.2) is 12.1 Å². The Morgan fingerprint density at radius 1 is 1.62 bits per heavy atom. The van der Waals surface area contributed by atoms with Crippen LogP contribution in [0.5, 0.6) is 0 Å². The van der Waals surface area contributed by atoms with Crippen LogP contribution in [-0.4, -0.2) is 30.1 Å². The van der Waals surface area contributed by atoms with Gasteiger partial charge in [-0.05, 0) is 18.6 Å². The summed E-state index contributed by atoms with van der Waals surface area (Å²) in [6, 6.07) is 3.04. The van der Waals surface area contributed by atoms with Gasteiger partial charge in [-0.1, -0.05) is 11.6 Å². The van der Waals surface area contributed by atoms with Gasteiger partial charge in [-0.2, -0.15) is 0 Å². The number of hydrogen-bond donors (Lipinski definition) is 2. The molecule has 0 spiro atoms. The molecule has 0 aliphatic carbocycles. The first-order valence-corrected chi connectivity index (χ1v) is 5.34. The summed E-state index contributed by atoms with van der Waals surface area (Å²) in [6.07, 6.45) is 0.821. The minimum atomic E-state index is -0.273. The van der Waals surface area contributed by atoms with E-state index in [2.05, 4.69) is 10.3 Å². The number of amides is 1. The van der Waals surface area contributed by atoms with Crippen molar-refractivity contribution < 1.29 is 9.53 Å². The SMILES string of the molecule is Nc1cc(Cl)cc(C(=O)N[C@H]2CCOC2)n1. The van der Waals surface area contributed by atoms with E-state index in [1.165, 1.54) is 12.1 Å². The van der Waals surface area contributed by atoms with Crippen LogP contribution in [0.1, 0.15) is 16.9 Å². The molecule has 1 atom stereocenters. The molecule has 1 amide bonds. The Morgan fingerprint density at radius 2 is 2.44 bits per heavy atom. The monoisotopic (exact) mass is 241 g/mol. The van der Waals surface area contributed by atoms with Crippen LogP contribution >= 0.6 is 11.6 Å². The van der Waals surface area contributed by atoms with E-state index in [1.54, 1.807) is 0 Å². The second-order valence-electron chi connectivity index (χ2n) is 3.63. The molecule has 1 saturated heterocycles. The van der Waals surface area contributed by atoms with Gasteiger partial charge < -0.3 is 15.8 Å². The van der Waals surface area contributed by atoms with Gasteiger partial charge in [-0.3, -0.25) is 4.79 Å². The number of carbonyl (C=O) groups is 1. The summed E-state index contributed by atoms with van der Waals surface area (Å²) >= 11 is 5.79. The van der Waals surface area contributed by atoms with Gasteiger partial charge in [0.05, 0.1) is 12.6 Å². The van der Waals surface area contributed by atoms with E-state index >= 15 is 0 Å². The Labute approximate surface area is 97.9 Å². The first-order chi connectivity index (χ1) is 7.65. The summed E-state index contributed by atoms with van der Waals surface area (Å²) in [5.74, 6) is -0.0370. The lowest BCUT2D eigenvalue weighted by molar-refractivity contribution is 0.0925. The average molecular weight is 242 g/mol. The number of ether oxygens (including phenoxy) is 1. The van der Waals surface area contributed by atoms with Crippen LogP contribution in [-0.2, 0) is 4.74 Å². The molecule has 1 fully saturated rings. The summed E-state index contributed by atoms with van der Waals surface area (Å²) in [7, 11) is 0. The number of nitrogens with two attached hydrogens (primary N) is 1. The fraction of sp³-hybridized carbons (Fsp3) is 0.400. The first kappa shape index (κ1) is 11.2. The molecular weight excluding hydrogens is 230 g/mol. The van der Waals surface area contributed by atoms with Crippen molar-refractivity contribution in [2.45, 2.75) is 12.5 Å². The fourth-order valence-corrected chi connectivity index (χ4v) is 1.76. The predicted molar refractivity (Wildman–Crippen MR) is 60.3 cm³/mol. The molecule has 1 aliphatic heterocycles. The second kappa shape index (κ2) is 4.67. The van der Waals surface area contributed by atoms with E-state index in [1.807, 2.05) is 0 Å². The van der Waals surface area contributed by atoms with Gasteiger partial charge in [-0.15, -0.1) is 0 Å². The van der Waals surface area contributed by atoms with Crippen LogP contribution in [0.3, 0.4) is 0 Å². The lowest BCUT2D eigenvalue weighted by Crippen LogP contribution is -2.35. The molecule has 16 heavy (non-hydrogen) atoms. The number of nitrogens with zero attached hydrogens (tertiary/aromatic N) is 1. The summed E-state index contributed by atoms with van der Waals surface area (Å²) in [4.78, 5) is 15.7. The number of hydrogen-bond acceptors (Lipinski definition) is 4. The van der Waals surface area contributed by atoms with Crippen molar-refractivity contribution in [3.8, 4) is 0 Å². The normalized spacial score (nSPS) is 19.7. The summed E-state index contributed by atoms with van der Waals surface area (Å²) < 4.78 is 5.16. The molecule has 1 aromatic heterocycles. The van der Waals surface area contributed by atoms with Crippen LogP contribution in [0.2, 0.25) is 5.02 Å². The Morgan fingerprint density at radius 3 is 3.06 bits per heavy atom. The summed E-state index contributed by atoms with van der Waals surface area (Å²) in [5, 5.41) is 3.21. The molecule has 5 nitrogen and oxygen atoms in total. The Balaban J connectivity index is 2.07. The van der Waals surface area contributed by atoms with Crippen molar-refractivity contribution >= 4 is 23.3 Å². The topological polar surface area (TPSA) is 77.2 Å². The van der Waals surface area contributed by atoms with Crippen LogP contribution < -0.4 is 11.1 Å². The van der Waals surface area contributed by atoms with Crippen molar-refractivity contribution in [3.63, 3.8) is 0 Å². The molecule has 1 aliphatic rings. The van der Waals surface area contributed by atoms with E-state index in [9.17, 15) is 4.79 Å². The largest absolute Gasteiger partial charge is 0.384 e. The molecule has 1 aromatic rings. The lowest BCUT2D eigenvalue weighted by Gasteiger charge is -2.10. The van der Waals surface area contributed by atoms with E-state index in [4.69, 9.17) is 22.1 Å². The molecule has 3 N–H and O–H groups in total. The highest BCUT2D eigenvalue weighted by molar-refractivity contribution is 6.31. The molecule has 0 bridgehead atoms. The number of anilines is 1. The van der Waals surface area contributed by atoms with E-state index < -0.39 is 0 Å². The Bertz CT molecular complexity index is 385. The molecule has 0 unspecified atom stereocenters. The van der Waals surface area contributed by atoms with Gasteiger partial charge in [-0.25, -0.2) is 4.98 Å². The summed E-state index contributed by atoms with van der Waals surface area (Å²) in [6.45, 7) is 1.22. The molecule has 0 saturated carbocycles. The van der Waals surface area contributed by atoms with Gasteiger partial charge in [0, 0.05) is 11.6 Å². The lowest BCUT2D eigenvalue weighted by atomic mass is 10.2. The second-order valence-corrected chi connectivity index (χ2v) is 4.07. The summed E-state index contributed by atoms with van der Waals surface area (Å²) in [5.41, 5.74) is 5.74. The zero-order valence-electron chi connectivity index (χ0n) is 8.57. The van der Waals surface area contributed by atoms with Gasteiger partial charge in [0.2, 0.25) is 0 Å². The molecule has 6 heteroatoms. The highest BCUT2D eigenvalue weighted by Gasteiger charge is 2.19. The minimum Gasteiger partial charge on any atom is -0.384 e. The maximum atomic E-state index is 11.8. The van der Waals surface area contributed by atoms with Crippen LogP contribution in [0.25, 0.3) is 0 Å². The highest BCUT2D eigenvalue weighted by Crippen LogP contribution is 2.13. The van der Waals surface area contributed by atoms with E-state index in [0.717, 1.165) is 6.42 Å². The molecule has 2 rings (SSSR count). The van der Waals surface area contributed by atoms with Crippen molar-refractivity contribution in [1.82, 2.24) is 10.3 Å². The number of nitrogen functional groups attached to an aromatic ring is 1. The third kappa shape index (κ3) is 2.62. The van der Waals surface area contributed by atoms with Gasteiger partial charge in [0.1, 0.15) is 11.5 Å². The van der Waals surface area contributed by atoms with Crippen LogP contribution in [0, 0.1) is 0 Å². The molecule has 0 radical (unpaired) electrons. The Hall–Kier alpha value is -1.33. The van der Waals surface area contributed by atoms with Gasteiger partial charge >= 0.3 is 0 Å². The van der Waals surface area contributed by atoms with Crippen molar-refractivity contribution in [1.29, 1.82) is 0 Å². The predicted octanol–water partition coefficient (Wildman–Crippen LogP) is 0.836. The fourth-order valence-electron chi connectivity index (χ4n) is 1.54.